The molecule has 0 heterocycles. The number of aryl methyl sites for hydroxylation is 1. The Bertz CT molecular complexity index is 496. The van der Waals surface area contributed by atoms with Crippen LogP contribution < -0.4 is 0 Å². The molecular formula is C17H22O2. The van der Waals surface area contributed by atoms with Gasteiger partial charge >= 0.3 is 0 Å². The van der Waals surface area contributed by atoms with E-state index in [0.717, 1.165) is 24.7 Å². The van der Waals surface area contributed by atoms with Crippen molar-refractivity contribution in [1.29, 1.82) is 0 Å². The number of hydrogen-bond acceptors (Lipinski definition) is 2. The maximum Gasteiger partial charge on any atom is 0.115 e. The SMILES string of the molecule is Oc1ccc2c(c1)CC[C@H]1[C@@H]3CCC(O)[C@@H]3CC[C@H]21. The van der Waals surface area contributed by atoms with E-state index in [-0.39, 0.29) is 6.10 Å². The second-order valence-corrected chi connectivity index (χ2v) is 6.74. The molecule has 0 aliphatic heterocycles. The molecule has 0 aromatic heterocycles. The Labute approximate surface area is 114 Å². The van der Waals surface area contributed by atoms with Gasteiger partial charge in [0.05, 0.1) is 6.10 Å². The molecule has 0 spiro atoms. The van der Waals surface area contributed by atoms with Crippen LogP contribution in [0.2, 0.25) is 0 Å². The highest BCUT2D eigenvalue weighted by Gasteiger charge is 2.47. The van der Waals surface area contributed by atoms with Crippen molar-refractivity contribution >= 4 is 0 Å². The Kier molecular flexibility index (Phi) is 2.63. The van der Waals surface area contributed by atoms with Crippen LogP contribution in [-0.2, 0) is 6.42 Å². The van der Waals surface area contributed by atoms with Gasteiger partial charge in [0.2, 0.25) is 0 Å². The predicted molar refractivity (Wildman–Crippen MR) is 74.1 cm³/mol. The smallest absolute Gasteiger partial charge is 0.115 e. The summed E-state index contributed by atoms with van der Waals surface area (Å²) in [6, 6.07) is 5.95. The van der Waals surface area contributed by atoms with Crippen molar-refractivity contribution in [1.82, 2.24) is 0 Å². The first-order valence-corrected chi connectivity index (χ1v) is 7.74. The molecular weight excluding hydrogens is 236 g/mol. The van der Waals surface area contributed by atoms with E-state index in [4.69, 9.17) is 0 Å². The van der Waals surface area contributed by atoms with Crippen molar-refractivity contribution in [3.8, 4) is 5.75 Å². The Morgan fingerprint density at radius 1 is 0.895 bits per heavy atom. The molecule has 1 aromatic carbocycles. The maximum atomic E-state index is 10.1. The predicted octanol–water partition coefficient (Wildman–Crippen LogP) is 3.22. The number of rotatable bonds is 0. The zero-order chi connectivity index (χ0) is 13.0. The zero-order valence-electron chi connectivity index (χ0n) is 11.3. The molecule has 3 aliphatic carbocycles. The van der Waals surface area contributed by atoms with Crippen molar-refractivity contribution in [2.45, 2.75) is 50.5 Å². The van der Waals surface area contributed by atoms with Gasteiger partial charge in [0.1, 0.15) is 5.75 Å². The quantitative estimate of drug-likeness (QED) is 0.750. The van der Waals surface area contributed by atoms with Crippen molar-refractivity contribution in [2.24, 2.45) is 17.8 Å². The molecule has 2 heteroatoms. The van der Waals surface area contributed by atoms with E-state index < -0.39 is 0 Å². The summed E-state index contributed by atoms with van der Waals surface area (Å²) < 4.78 is 0. The van der Waals surface area contributed by atoms with E-state index in [1.54, 1.807) is 0 Å². The lowest BCUT2D eigenvalue weighted by atomic mass is 9.61. The first-order valence-electron chi connectivity index (χ1n) is 7.74. The summed E-state index contributed by atoms with van der Waals surface area (Å²) >= 11 is 0. The van der Waals surface area contributed by atoms with Crippen LogP contribution in [-0.4, -0.2) is 16.3 Å². The fourth-order valence-electron chi connectivity index (χ4n) is 5.19. The van der Waals surface area contributed by atoms with Gasteiger partial charge in [0.15, 0.2) is 0 Å². The minimum Gasteiger partial charge on any atom is -0.508 e. The molecule has 2 fully saturated rings. The maximum absolute atomic E-state index is 10.1. The standard InChI is InChI=1S/C17H22O2/c18-11-2-4-12-10(9-11)1-3-14-13(12)5-6-16-15(14)7-8-17(16)19/h2,4,9,13-19H,1,3,5-8H2/t13-,14-,15+,16-,17?/m1/s1. The molecule has 2 saturated carbocycles. The molecule has 2 nitrogen and oxygen atoms in total. The number of aromatic hydroxyl groups is 1. The highest BCUT2D eigenvalue weighted by atomic mass is 16.3. The van der Waals surface area contributed by atoms with Crippen LogP contribution >= 0.6 is 0 Å². The Morgan fingerprint density at radius 2 is 1.74 bits per heavy atom. The minimum absolute atomic E-state index is 0.0350. The molecule has 0 bridgehead atoms. The molecule has 19 heavy (non-hydrogen) atoms. The number of phenols is 1. The first kappa shape index (κ1) is 11.8. The minimum atomic E-state index is -0.0350. The van der Waals surface area contributed by atoms with E-state index in [1.807, 2.05) is 12.1 Å². The Hall–Kier alpha value is -1.02. The van der Waals surface area contributed by atoms with Crippen molar-refractivity contribution in [2.75, 3.05) is 0 Å². The monoisotopic (exact) mass is 258 g/mol. The number of fused-ring (bicyclic) bond motifs is 5. The van der Waals surface area contributed by atoms with E-state index >= 15 is 0 Å². The molecule has 3 aliphatic rings. The van der Waals surface area contributed by atoms with E-state index in [0.29, 0.717) is 17.6 Å². The lowest BCUT2D eigenvalue weighted by Gasteiger charge is -2.44. The number of aliphatic hydroxyl groups is 1. The summed E-state index contributed by atoms with van der Waals surface area (Å²) in [6.45, 7) is 0. The molecule has 5 atom stereocenters. The van der Waals surface area contributed by atoms with Gasteiger partial charge in [0.25, 0.3) is 0 Å². The van der Waals surface area contributed by atoms with Gasteiger partial charge in [-0.3, -0.25) is 0 Å². The Morgan fingerprint density at radius 3 is 2.63 bits per heavy atom. The van der Waals surface area contributed by atoms with E-state index in [2.05, 4.69) is 6.07 Å². The second kappa shape index (κ2) is 4.24. The number of hydrogen-bond donors (Lipinski definition) is 2. The molecule has 0 amide bonds. The summed E-state index contributed by atoms with van der Waals surface area (Å²) in [6.07, 6.45) is 6.96. The Balaban J connectivity index is 1.68. The molecule has 1 aromatic rings. The van der Waals surface area contributed by atoms with Gasteiger partial charge in [-0.25, -0.2) is 0 Å². The topological polar surface area (TPSA) is 40.5 Å². The van der Waals surface area contributed by atoms with Crippen molar-refractivity contribution < 1.29 is 10.2 Å². The highest BCUT2D eigenvalue weighted by Crippen LogP contribution is 2.55. The lowest BCUT2D eigenvalue weighted by Crippen LogP contribution is -2.36. The molecule has 1 unspecified atom stereocenters. The van der Waals surface area contributed by atoms with Crippen LogP contribution in [0.1, 0.15) is 49.1 Å². The van der Waals surface area contributed by atoms with Gasteiger partial charge in [-0.2, -0.15) is 0 Å². The van der Waals surface area contributed by atoms with Gasteiger partial charge in [-0.15, -0.1) is 0 Å². The number of benzene rings is 1. The second-order valence-electron chi connectivity index (χ2n) is 6.74. The summed E-state index contributed by atoms with van der Waals surface area (Å²) in [5.41, 5.74) is 2.84. The van der Waals surface area contributed by atoms with Gasteiger partial charge in [-0.1, -0.05) is 6.07 Å². The largest absolute Gasteiger partial charge is 0.508 e. The van der Waals surface area contributed by atoms with Crippen LogP contribution in [0.4, 0.5) is 0 Å². The van der Waals surface area contributed by atoms with E-state index in [9.17, 15) is 10.2 Å². The van der Waals surface area contributed by atoms with Crippen LogP contribution in [0, 0.1) is 17.8 Å². The lowest BCUT2D eigenvalue weighted by molar-refractivity contribution is 0.0566. The number of aliphatic hydroxyl groups excluding tert-OH is 1. The average molecular weight is 258 g/mol. The highest BCUT2D eigenvalue weighted by molar-refractivity contribution is 5.39. The van der Waals surface area contributed by atoms with Crippen LogP contribution in [0.5, 0.6) is 5.75 Å². The molecule has 0 saturated heterocycles. The summed E-state index contributed by atoms with van der Waals surface area (Å²) in [5.74, 6) is 3.17. The summed E-state index contributed by atoms with van der Waals surface area (Å²) in [5, 5.41) is 19.7. The fraction of sp³-hybridized carbons (Fsp3) is 0.647. The molecule has 0 radical (unpaired) electrons. The molecule has 4 rings (SSSR count). The molecule has 2 N–H and O–H groups in total. The summed E-state index contributed by atoms with van der Waals surface area (Å²) in [7, 11) is 0. The summed E-state index contributed by atoms with van der Waals surface area (Å²) in [4.78, 5) is 0. The first-order chi connectivity index (χ1) is 9.24. The third-order valence-electron chi connectivity index (χ3n) is 5.99. The molecule has 102 valence electrons. The fourth-order valence-corrected chi connectivity index (χ4v) is 5.19. The van der Waals surface area contributed by atoms with Crippen molar-refractivity contribution in [3.63, 3.8) is 0 Å². The van der Waals surface area contributed by atoms with Crippen LogP contribution in [0.15, 0.2) is 18.2 Å². The van der Waals surface area contributed by atoms with Crippen LogP contribution in [0.3, 0.4) is 0 Å². The normalized spacial score (nSPS) is 40.4. The average Bonchev–Trinajstić information content (AvgIpc) is 2.80. The number of phenolic OH excluding ortho intramolecular Hbond substituents is 1. The van der Waals surface area contributed by atoms with Gasteiger partial charge < -0.3 is 10.2 Å². The van der Waals surface area contributed by atoms with Crippen molar-refractivity contribution in [3.05, 3.63) is 29.3 Å². The van der Waals surface area contributed by atoms with Gasteiger partial charge in [0, 0.05) is 0 Å². The van der Waals surface area contributed by atoms with E-state index in [1.165, 1.54) is 36.8 Å². The van der Waals surface area contributed by atoms with Gasteiger partial charge in [-0.05, 0) is 85.5 Å². The third-order valence-corrected chi connectivity index (χ3v) is 5.99. The third kappa shape index (κ3) is 1.73. The van der Waals surface area contributed by atoms with Crippen LogP contribution in [0.25, 0.3) is 0 Å². The zero-order valence-corrected chi connectivity index (χ0v) is 11.3.